The first-order valence-electron chi connectivity index (χ1n) is 6.68. The Morgan fingerprint density at radius 2 is 1.83 bits per heavy atom. The normalized spacial score (nSPS) is 12.8. The van der Waals surface area contributed by atoms with Gasteiger partial charge in [0.15, 0.2) is 0 Å². The number of benzene rings is 1. The van der Waals surface area contributed by atoms with Gasteiger partial charge in [0.25, 0.3) is 0 Å². The molecule has 0 fully saturated rings. The first kappa shape index (κ1) is 19.2. The number of urea groups is 1. The van der Waals surface area contributed by atoms with Crippen molar-refractivity contribution in [2.45, 2.75) is 19.1 Å². The molecule has 0 saturated heterocycles. The minimum absolute atomic E-state index is 0.142. The van der Waals surface area contributed by atoms with E-state index in [1.807, 2.05) is 12.2 Å². The Kier molecular flexibility index (Phi) is 6.83. The topological polar surface area (TPSA) is 61.4 Å². The summed E-state index contributed by atoms with van der Waals surface area (Å²) in [5.74, 6) is -0.701. The Morgan fingerprint density at radius 1 is 1.26 bits per heavy atom. The lowest BCUT2D eigenvalue weighted by Gasteiger charge is -2.24. The molecule has 0 radical (unpaired) electrons. The fourth-order valence-corrected chi connectivity index (χ4v) is 1.88. The van der Waals surface area contributed by atoms with Gasteiger partial charge in [-0.25, -0.2) is 4.79 Å². The summed E-state index contributed by atoms with van der Waals surface area (Å²) in [6.45, 7) is 0.201. The number of likely N-dealkylation sites (N-methyl/N-ethyl adjacent to an activating group) is 1. The van der Waals surface area contributed by atoms with Crippen molar-refractivity contribution >= 4 is 23.5 Å². The molecule has 0 saturated carbocycles. The summed E-state index contributed by atoms with van der Waals surface area (Å²) in [5.41, 5.74) is 0.909. The van der Waals surface area contributed by atoms with Gasteiger partial charge in [-0.1, -0.05) is 23.7 Å². The van der Waals surface area contributed by atoms with Gasteiger partial charge in [0, 0.05) is 11.1 Å². The Bertz CT molecular complexity index is 549. The summed E-state index contributed by atoms with van der Waals surface area (Å²) in [7, 11) is 1.66. The molecule has 23 heavy (non-hydrogen) atoms. The smallest absolute Gasteiger partial charge is 0.329 e. The number of carbonyl (C=O) groups excluding carboxylic acids is 2. The van der Waals surface area contributed by atoms with E-state index < -0.39 is 24.7 Å². The number of rotatable bonds is 5. The molecule has 5 nitrogen and oxygen atoms in total. The van der Waals surface area contributed by atoms with Gasteiger partial charge in [-0.2, -0.15) is 13.2 Å². The van der Waals surface area contributed by atoms with Crippen LogP contribution in [0.2, 0.25) is 5.02 Å². The van der Waals surface area contributed by atoms with Gasteiger partial charge in [-0.05, 0) is 31.7 Å². The lowest BCUT2D eigenvalue weighted by molar-refractivity contribution is -0.125. The predicted molar refractivity (Wildman–Crippen MR) is 80.1 cm³/mol. The highest BCUT2D eigenvalue weighted by molar-refractivity contribution is 6.30. The number of imide groups is 1. The second kappa shape index (κ2) is 8.16. The summed E-state index contributed by atoms with van der Waals surface area (Å²) in [5, 5.41) is 4.00. The van der Waals surface area contributed by atoms with Crippen molar-refractivity contribution in [3.05, 3.63) is 34.9 Å². The summed E-state index contributed by atoms with van der Waals surface area (Å²) in [6, 6.07) is 5.71. The molecular weight excluding hydrogens is 335 g/mol. The minimum Gasteiger partial charge on any atom is -0.329 e. The summed E-state index contributed by atoms with van der Waals surface area (Å²) in [4.78, 5) is 24.5. The van der Waals surface area contributed by atoms with Crippen molar-refractivity contribution in [2.24, 2.45) is 0 Å². The minimum atomic E-state index is -4.53. The molecule has 0 aliphatic carbocycles. The van der Waals surface area contributed by atoms with Gasteiger partial charge in [0.05, 0.1) is 6.54 Å². The number of carbonyl (C=O) groups is 2. The second-order valence-corrected chi connectivity index (χ2v) is 5.43. The molecule has 9 heteroatoms. The molecule has 1 aromatic carbocycles. The molecule has 0 aromatic heterocycles. The molecule has 2 N–H and O–H groups in total. The number of hydrogen-bond donors (Lipinski definition) is 2. The van der Waals surface area contributed by atoms with Crippen LogP contribution in [0.5, 0.6) is 0 Å². The van der Waals surface area contributed by atoms with Crippen molar-refractivity contribution in [3.63, 3.8) is 0 Å². The standard InChI is InChI=1S/C14H17ClF3N3O2/c1-9(10-3-5-11(15)6-4-10)21(2)7-12(22)20-13(23)19-8-14(16,17)18/h3-6,9H,7-8H2,1-2H3,(H2,19,20,22,23). The van der Waals surface area contributed by atoms with Gasteiger partial charge in [0.1, 0.15) is 6.54 Å². The van der Waals surface area contributed by atoms with E-state index in [4.69, 9.17) is 11.6 Å². The van der Waals surface area contributed by atoms with Crippen LogP contribution >= 0.6 is 11.6 Å². The van der Waals surface area contributed by atoms with Crippen molar-refractivity contribution in [3.8, 4) is 0 Å². The third-order valence-corrected chi connectivity index (χ3v) is 3.36. The maximum Gasteiger partial charge on any atom is 0.405 e. The van der Waals surface area contributed by atoms with E-state index in [1.165, 1.54) is 0 Å². The number of halogens is 4. The zero-order valence-corrected chi connectivity index (χ0v) is 13.3. The van der Waals surface area contributed by atoms with E-state index in [9.17, 15) is 22.8 Å². The predicted octanol–water partition coefficient (Wildman–Crippen LogP) is 2.72. The van der Waals surface area contributed by atoms with Crippen LogP contribution in [-0.2, 0) is 4.79 Å². The van der Waals surface area contributed by atoms with Crippen LogP contribution in [0.25, 0.3) is 0 Å². The highest BCUT2D eigenvalue weighted by atomic mass is 35.5. The second-order valence-electron chi connectivity index (χ2n) is 4.99. The fourth-order valence-electron chi connectivity index (χ4n) is 1.75. The maximum absolute atomic E-state index is 11.9. The van der Waals surface area contributed by atoms with Gasteiger partial charge in [-0.3, -0.25) is 15.0 Å². The Balaban J connectivity index is 2.46. The Labute approximate surface area is 136 Å². The van der Waals surface area contributed by atoms with E-state index in [-0.39, 0.29) is 12.6 Å². The van der Waals surface area contributed by atoms with Crippen molar-refractivity contribution < 1.29 is 22.8 Å². The Morgan fingerprint density at radius 3 is 2.35 bits per heavy atom. The third-order valence-electron chi connectivity index (χ3n) is 3.11. The highest BCUT2D eigenvalue weighted by Crippen LogP contribution is 2.20. The van der Waals surface area contributed by atoms with Crippen LogP contribution in [0, 0.1) is 0 Å². The zero-order valence-electron chi connectivity index (χ0n) is 12.6. The van der Waals surface area contributed by atoms with Crippen molar-refractivity contribution in [2.75, 3.05) is 20.1 Å². The number of nitrogens with one attached hydrogen (secondary N) is 2. The number of alkyl halides is 3. The maximum atomic E-state index is 11.9. The summed E-state index contributed by atoms with van der Waals surface area (Å²) >= 11 is 5.80. The quantitative estimate of drug-likeness (QED) is 0.857. The van der Waals surface area contributed by atoms with Gasteiger partial charge < -0.3 is 5.32 Å². The average molecular weight is 352 g/mol. The van der Waals surface area contributed by atoms with Crippen molar-refractivity contribution in [1.82, 2.24) is 15.5 Å². The fraction of sp³-hybridized carbons (Fsp3) is 0.429. The summed E-state index contributed by atoms with van der Waals surface area (Å²) < 4.78 is 35.8. The van der Waals surface area contributed by atoms with E-state index in [0.29, 0.717) is 5.02 Å². The molecule has 1 unspecified atom stereocenters. The van der Waals surface area contributed by atoms with Crippen LogP contribution in [0.15, 0.2) is 24.3 Å². The van der Waals surface area contributed by atoms with Gasteiger partial charge >= 0.3 is 12.2 Å². The molecule has 0 bridgehead atoms. The molecule has 128 valence electrons. The van der Waals surface area contributed by atoms with Gasteiger partial charge in [-0.15, -0.1) is 0 Å². The molecular formula is C14H17ClF3N3O2. The number of hydrogen-bond acceptors (Lipinski definition) is 3. The Hall–Kier alpha value is -1.80. The molecule has 0 heterocycles. The van der Waals surface area contributed by atoms with Crippen LogP contribution in [0.3, 0.4) is 0 Å². The number of amides is 3. The van der Waals surface area contributed by atoms with E-state index in [0.717, 1.165) is 5.56 Å². The van der Waals surface area contributed by atoms with Crippen LogP contribution in [0.1, 0.15) is 18.5 Å². The molecule has 1 aromatic rings. The molecule has 0 aliphatic heterocycles. The van der Waals surface area contributed by atoms with E-state index >= 15 is 0 Å². The zero-order chi connectivity index (χ0) is 17.6. The largest absolute Gasteiger partial charge is 0.405 e. The molecule has 1 rings (SSSR count). The molecule has 1 atom stereocenters. The van der Waals surface area contributed by atoms with Crippen molar-refractivity contribution in [1.29, 1.82) is 0 Å². The highest BCUT2D eigenvalue weighted by Gasteiger charge is 2.28. The molecule has 3 amide bonds. The SMILES string of the molecule is CC(c1ccc(Cl)cc1)N(C)CC(=O)NC(=O)NCC(F)(F)F. The number of nitrogens with zero attached hydrogens (tertiary/aromatic N) is 1. The average Bonchev–Trinajstić information content (AvgIpc) is 2.44. The van der Waals surface area contributed by atoms with E-state index in [2.05, 4.69) is 0 Å². The van der Waals surface area contributed by atoms with Crippen LogP contribution in [-0.4, -0.2) is 43.2 Å². The molecule has 0 aliphatic rings. The van der Waals surface area contributed by atoms with Crippen LogP contribution < -0.4 is 10.6 Å². The molecule has 0 spiro atoms. The van der Waals surface area contributed by atoms with E-state index in [1.54, 1.807) is 41.5 Å². The first-order chi connectivity index (χ1) is 10.6. The van der Waals surface area contributed by atoms with Gasteiger partial charge in [0.2, 0.25) is 5.91 Å². The third kappa shape index (κ3) is 7.34. The first-order valence-corrected chi connectivity index (χ1v) is 7.06. The monoisotopic (exact) mass is 351 g/mol. The lowest BCUT2D eigenvalue weighted by Crippen LogP contribution is -2.46. The summed E-state index contributed by atoms with van der Waals surface area (Å²) in [6.07, 6.45) is -4.53. The van der Waals surface area contributed by atoms with Crippen LogP contribution in [0.4, 0.5) is 18.0 Å². The lowest BCUT2D eigenvalue weighted by atomic mass is 10.1.